The van der Waals surface area contributed by atoms with Crippen molar-refractivity contribution >= 4 is 60.9 Å². The number of sulfonamides is 1. The van der Waals surface area contributed by atoms with Crippen molar-refractivity contribution in [2.75, 3.05) is 30.8 Å². The number of hydrogen-bond donors (Lipinski definition) is 1. The Bertz CT molecular complexity index is 1410. The van der Waals surface area contributed by atoms with Gasteiger partial charge in [0.25, 0.3) is 10.2 Å². The van der Waals surface area contributed by atoms with E-state index in [1.807, 2.05) is 25.1 Å². The van der Waals surface area contributed by atoms with Crippen LogP contribution in [0.25, 0.3) is 10.2 Å². The van der Waals surface area contributed by atoms with Gasteiger partial charge in [-0.15, -0.1) is 0 Å². The van der Waals surface area contributed by atoms with Gasteiger partial charge in [-0.2, -0.15) is 17.0 Å². The van der Waals surface area contributed by atoms with E-state index in [9.17, 15) is 21.6 Å². The van der Waals surface area contributed by atoms with Crippen molar-refractivity contribution in [3.8, 4) is 0 Å². The maximum Gasteiger partial charge on any atom is 0.282 e. The molecule has 14 heteroatoms. The van der Waals surface area contributed by atoms with Crippen molar-refractivity contribution in [2.45, 2.75) is 71.0 Å². The zero-order valence-electron chi connectivity index (χ0n) is 23.0. The summed E-state index contributed by atoms with van der Waals surface area (Å²) in [6.07, 6.45) is 1.27. The van der Waals surface area contributed by atoms with Crippen LogP contribution in [0.2, 0.25) is 25.7 Å². The number of thiazole rings is 1. The van der Waals surface area contributed by atoms with Gasteiger partial charge in [0.05, 0.1) is 34.0 Å². The monoisotopic (exact) mass is 601 g/mol. The number of carbonyl (C=O) groups is 1. The van der Waals surface area contributed by atoms with Crippen LogP contribution in [0.1, 0.15) is 32.3 Å². The summed E-state index contributed by atoms with van der Waals surface area (Å²) >= 11 is 1.38. The summed E-state index contributed by atoms with van der Waals surface area (Å²) in [5.41, 5.74) is 1.55. The minimum atomic E-state index is -3.66. The van der Waals surface area contributed by atoms with Gasteiger partial charge in [0.1, 0.15) is 0 Å². The second-order valence-electron chi connectivity index (χ2n) is 11.5. The molecule has 0 saturated carbocycles. The molecule has 2 aliphatic heterocycles. The molecule has 0 unspecified atom stereocenters. The first kappa shape index (κ1) is 29.6. The highest BCUT2D eigenvalue weighted by atomic mass is 32.2. The average molecular weight is 602 g/mol. The second-order valence-corrected chi connectivity index (χ2v) is 22.1. The van der Waals surface area contributed by atoms with E-state index in [-0.39, 0.29) is 24.2 Å². The molecule has 1 aromatic carbocycles. The molecule has 0 spiro atoms. The van der Waals surface area contributed by atoms with E-state index < -0.39 is 40.3 Å². The fraction of sp³-hybridized carbons (Fsp3) is 0.667. The summed E-state index contributed by atoms with van der Waals surface area (Å²) in [7, 11) is -6.90. The van der Waals surface area contributed by atoms with Gasteiger partial charge in [0.2, 0.25) is 15.9 Å². The molecule has 1 N–H and O–H groups in total. The molecule has 2 aromatic rings. The lowest BCUT2D eigenvalue weighted by molar-refractivity contribution is -0.120. The minimum Gasteiger partial charge on any atom is -0.283 e. The van der Waals surface area contributed by atoms with E-state index in [1.165, 1.54) is 19.9 Å². The molecule has 1 aromatic heterocycles. The maximum atomic E-state index is 13.4. The Labute approximate surface area is 231 Å². The Hall–Kier alpha value is -1.42. The quantitative estimate of drug-likeness (QED) is 0.396. The fourth-order valence-electron chi connectivity index (χ4n) is 5.16. The Morgan fingerprint density at radius 1 is 1.21 bits per heavy atom. The number of anilines is 1. The van der Waals surface area contributed by atoms with Gasteiger partial charge in [-0.25, -0.2) is 18.1 Å². The van der Waals surface area contributed by atoms with Gasteiger partial charge < -0.3 is 0 Å². The first-order chi connectivity index (χ1) is 17.6. The third-order valence-corrected chi connectivity index (χ3v) is 13.8. The zero-order chi connectivity index (χ0) is 28.0. The molecule has 3 heterocycles. The van der Waals surface area contributed by atoms with Gasteiger partial charge in [-0.1, -0.05) is 50.9 Å². The molecule has 0 bridgehead atoms. The Balaban J connectivity index is 1.52. The Morgan fingerprint density at radius 2 is 1.92 bits per heavy atom. The number of hydrogen-bond acceptors (Lipinski definition) is 7. The molecule has 0 aliphatic carbocycles. The summed E-state index contributed by atoms with van der Waals surface area (Å²) in [4.78, 5) is 19.8. The summed E-state index contributed by atoms with van der Waals surface area (Å²) in [5.74, 6) is -0.456. The van der Waals surface area contributed by atoms with Crippen LogP contribution in [0.15, 0.2) is 18.2 Å². The zero-order valence-corrected chi connectivity index (χ0v) is 26.4. The topological polar surface area (TPSA) is 120 Å². The van der Waals surface area contributed by atoms with E-state index in [2.05, 4.69) is 24.4 Å². The third kappa shape index (κ3) is 6.00. The maximum absolute atomic E-state index is 13.4. The number of amides is 1. The van der Waals surface area contributed by atoms with Crippen molar-refractivity contribution in [1.29, 1.82) is 0 Å². The van der Waals surface area contributed by atoms with Crippen molar-refractivity contribution in [1.82, 2.24) is 18.3 Å². The van der Waals surface area contributed by atoms with Crippen molar-refractivity contribution < 1.29 is 21.6 Å². The van der Waals surface area contributed by atoms with Gasteiger partial charge in [0.15, 0.2) is 5.13 Å². The van der Waals surface area contributed by atoms with Crippen molar-refractivity contribution in [3.05, 3.63) is 23.8 Å². The lowest BCUT2D eigenvalue weighted by Crippen LogP contribution is -2.48. The normalized spacial score (nSPS) is 23.2. The number of nitrogens with zero attached hydrogens (tertiary/aromatic N) is 4. The minimum absolute atomic E-state index is 0.118. The Kier molecular flexibility index (Phi) is 8.45. The highest BCUT2D eigenvalue weighted by Gasteiger charge is 2.56. The SMILES string of the molecule is CCCN(C)S(=O)(=O)N1CC[C@H]2[C@H]1[C@H](C)C(=O)N2c1nc2ccc(CNS(=O)(=O)CC[Si](C)(C)C)cc2s1. The molecular formula is C24H39N5O5S3Si. The number of benzene rings is 1. The molecule has 2 saturated heterocycles. The molecule has 3 atom stereocenters. The number of rotatable bonds is 11. The number of carbonyl (C=O) groups excluding carboxylic acids is 1. The van der Waals surface area contributed by atoms with Crippen LogP contribution in [0.5, 0.6) is 0 Å². The summed E-state index contributed by atoms with van der Waals surface area (Å²) in [6.45, 7) is 11.2. The number of aromatic nitrogens is 1. The van der Waals surface area contributed by atoms with Crippen LogP contribution in [0.4, 0.5) is 5.13 Å². The van der Waals surface area contributed by atoms with Gasteiger partial charge >= 0.3 is 0 Å². The second kappa shape index (κ2) is 10.9. The molecule has 4 rings (SSSR count). The van der Waals surface area contributed by atoms with Crippen LogP contribution in [-0.2, 0) is 31.6 Å². The molecular weight excluding hydrogens is 563 g/mol. The molecule has 1 amide bonds. The Morgan fingerprint density at radius 3 is 2.58 bits per heavy atom. The summed E-state index contributed by atoms with van der Waals surface area (Å²) in [5, 5.41) is 0.554. The molecule has 2 aliphatic rings. The fourth-order valence-corrected chi connectivity index (χ4v) is 12.0. The summed E-state index contributed by atoms with van der Waals surface area (Å²) < 4.78 is 57.8. The van der Waals surface area contributed by atoms with E-state index >= 15 is 0 Å². The van der Waals surface area contributed by atoms with Gasteiger partial charge in [-0.3, -0.25) is 9.69 Å². The van der Waals surface area contributed by atoms with E-state index in [0.717, 1.165) is 15.8 Å². The predicted octanol–water partition coefficient (Wildman–Crippen LogP) is 3.07. The number of nitrogens with one attached hydrogen (secondary N) is 1. The van der Waals surface area contributed by atoms with Crippen LogP contribution in [-0.4, -0.2) is 82.4 Å². The number of fused-ring (bicyclic) bond motifs is 2. The molecule has 212 valence electrons. The standard InChI is InChI=1S/C24H39N5O5S3Si/c1-7-11-27(3)37(33,34)28-12-10-20-22(28)17(2)23(30)29(20)24-26-19-9-8-18(15-21(19)35-24)16-25-36(31,32)13-14-38(4,5)6/h8-9,15,17,20,22,25H,7,10-14,16H2,1-6H3/t17-,20-,22+/m0/s1. The molecule has 2 fully saturated rings. The van der Waals surface area contributed by atoms with Crippen LogP contribution >= 0.6 is 11.3 Å². The summed E-state index contributed by atoms with van der Waals surface area (Å²) in [6, 6.07) is 5.60. The lowest BCUT2D eigenvalue weighted by atomic mass is 10.0. The molecule has 0 radical (unpaired) electrons. The van der Waals surface area contributed by atoms with E-state index in [4.69, 9.17) is 4.98 Å². The van der Waals surface area contributed by atoms with Gasteiger partial charge in [-0.05, 0) is 36.6 Å². The largest absolute Gasteiger partial charge is 0.283 e. The highest BCUT2D eigenvalue weighted by Crippen LogP contribution is 2.43. The first-order valence-corrected chi connectivity index (χ1v) is 20.6. The average Bonchev–Trinajstić information content (AvgIpc) is 3.51. The van der Waals surface area contributed by atoms with Crippen molar-refractivity contribution in [2.24, 2.45) is 5.92 Å². The third-order valence-electron chi connectivity index (χ3n) is 7.34. The van der Waals surface area contributed by atoms with Crippen LogP contribution in [0.3, 0.4) is 0 Å². The van der Waals surface area contributed by atoms with Gasteiger partial charge in [0, 0.05) is 34.8 Å². The smallest absolute Gasteiger partial charge is 0.282 e. The van der Waals surface area contributed by atoms with Crippen LogP contribution < -0.4 is 9.62 Å². The molecule has 38 heavy (non-hydrogen) atoms. The first-order valence-electron chi connectivity index (χ1n) is 13.1. The van der Waals surface area contributed by atoms with Crippen molar-refractivity contribution in [3.63, 3.8) is 0 Å². The highest BCUT2D eigenvalue weighted by molar-refractivity contribution is 7.89. The van der Waals surface area contributed by atoms with E-state index in [1.54, 1.807) is 18.9 Å². The predicted molar refractivity (Wildman–Crippen MR) is 156 cm³/mol. The van der Waals surface area contributed by atoms with Crippen LogP contribution in [0, 0.1) is 5.92 Å². The molecule has 10 nitrogen and oxygen atoms in total. The van der Waals surface area contributed by atoms with E-state index in [0.29, 0.717) is 37.1 Å². The lowest BCUT2D eigenvalue weighted by Gasteiger charge is -2.29.